The van der Waals surface area contributed by atoms with Crippen LogP contribution in [0.25, 0.3) is 0 Å². The average molecular weight is 214 g/mol. The zero-order valence-corrected chi connectivity index (χ0v) is 8.38. The van der Waals surface area contributed by atoms with E-state index in [1.807, 2.05) is 0 Å². The van der Waals surface area contributed by atoms with Crippen LogP contribution in [0.15, 0.2) is 0 Å². The molecule has 1 fully saturated rings. The third-order valence-electron chi connectivity index (χ3n) is 2.86. The lowest BCUT2D eigenvalue weighted by Gasteiger charge is -2.12. The van der Waals surface area contributed by atoms with Gasteiger partial charge in [-0.05, 0) is 30.7 Å². The van der Waals surface area contributed by atoms with E-state index in [0.717, 1.165) is 0 Å². The van der Waals surface area contributed by atoms with Gasteiger partial charge < -0.3 is 5.11 Å². The number of rotatable bonds is 3. The van der Waals surface area contributed by atoms with E-state index in [4.69, 9.17) is 5.11 Å². The fraction of sp³-hybridized carbons (Fsp3) is 0.750. The second-order valence-electron chi connectivity index (χ2n) is 4.05. The summed E-state index contributed by atoms with van der Waals surface area (Å²) in [4.78, 5) is 10.8. The number of halogens is 1. The van der Waals surface area contributed by atoms with Crippen molar-refractivity contribution in [2.45, 2.75) is 37.9 Å². The number of carboxylic acids is 1. The molecule has 1 aliphatic carbocycles. The maximum atomic E-state index is 13.1. The molecule has 3 atom stereocenters. The molecule has 0 aromatic carbocycles. The first-order valence-electron chi connectivity index (χ1n) is 4.62. The maximum absolute atomic E-state index is 13.1. The summed E-state index contributed by atoms with van der Waals surface area (Å²) in [5.74, 6) is -0.729. The zero-order valence-electron chi connectivity index (χ0n) is 8.38. The van der Waals surface area contributed by atoms with E-state index in [9.17, 15) is 9.18 Å². The van der Waals surface area contributed by atoms with E-state index in [2.05, 4.69) is 15.5 Å². The van der Waals surface area contributed by atoms with Crippen LogP contribution in [0, 0.1) is 0 Å². The average Bonchev–Trinajstić information content (AvgIpc) is 2.67. The highest BCUT2D eigenvalue weighted by atomic mass is 19.1. The van der Waals surface area contributed by atoms with E-state index < -0.39 is 23.6 Å². The molecule has 3 unspecified atom stereocenters. The molecule has 0 spiro atoms. The van der Waals surface area contributed by atoms with E-state index in [1.54, 1.807) is 6.92 Å². The molecule has 7 heteroatoms. The molecule has 0 aliphatic heterocycles. The number of aliphatic carboxylic acids is 1. The van der Waals surface area contributed by atoms with Crippen LogP contribution in [-0.2, 0) is 10.2 Å². The lowest BCUT2D eigenvalue weighted by molar-refractivity contribution is -0.140. The van der Waals surface area contributed by atoms with E-state index in [-0.39, 0.29) is 0 Å². The van der Waals surface area contributed by atoms with Gasteiger partial charge in [-0.1, -0.05) is 0 Å². The molecule has 0 bridgehead atoms. The third kappa shape index (κ3) is 1.38. The van der Waals surface area contributed by atoms with Gasteiger partial charge in [0.1, 0.15) is 12.2 Å². The SMILES string of the molecule is CC(C(=O)O)n1nnnc1C1(C)CC1F. The number of carbonyl (C=O) groups is 1. The highest BCUT2D eigenvalue weighted by molar-refractivity contribution is 5.71. The fourth-order valence-electron chi connectivity index (χ4n) is 1.48. The molecule has 1 N–H and O–H groups in total. The Morgan fingerprint density at radius 1 is 1.80 bits per heavy atom. The Morgan fingerprint density at radius 3 is 2.87 bits per heavy atom. The molecule has 0 saturated heterocycles. The van der Waals surface area contributed by atoms with Crippen molar-refractivity contribution >= 4 is 5.97 Å². The molecule has 1 aromatic heterocycles. The molecule has 6 nitrogen and oxygen atoms in total. The summed E-state index contributed by atoms with van der Waals surface area (Å²) in [6.45, 7) is 3.15. The Morgan fingerprint density at radius 2 is 2.40 bits per heavy atom. The van der Waals surface area contributed by atoms with Crippen molar-refractivity contribution in [3.05, 3.63) is 5.82 Å². The van der Waals surface area contributed by atoms with Gasteiger partial charge >= 0.3 is 5.97 Å². The minimum atomic E-state index is -1.04. The van der Waals surface area contributed by atoms with Crippen molar-refractivity contribution in [3.63, 3.8) is 0 Å². The molecule has 1 aromatic rings. The molecule has 15 heavy (non-hydrogen) atoms. The molecule has 82 valence electrons. The molecular weight excluding hydrogens is 203 g/mol. The van der Waals surface area contributed by atoms with Gasteiger partial charge in [-0.3, -0.25) is 0 Å². The Labute approximate surface area is 85.1 Å². The number of aromatic nitrogens is 4. The van der Waals surface area contributed by atoms with Crippen LogP contribution in [0.5, 0.6) is 0 Å². The van der Waals surface area contributed by atoms with E-state index in [1.165, 1.54) is 11.6 Å². The second-order valence-corrected chi connectivity index (χ2v) is 4.05. The van der Waals surface area contributed by atoms with Gasteiger partial charge in [-0.25, -0.2) is 13.9 Å². The van der Waals surface area contributed by atoms with Gasteiger partial charge in [0.05, 0.1) is 5.41 Å². The first-order valence-corrected chi connectivity index (χ1v) is 4.62. The quantitative estimate of drug-likeness (QED) is 0.783. The molecular formula is C8H11FN4O2. The van der Waals surface area contributed by atoms with Crippen molar-refractivity contribution in [3.8, 4) is 0 Å². The molecule has 0 radical (unpaired) electrons. The van der Waals surface area contributed by atoms with E-state index >= 15 is 0 Å². The van der Waals surface area contributed by atoms with Crippen LogP contribution in [0.3, 0.4) is 0 Å². The Balaban J connectivity index is 2.35. The van der Waals surface area contributed by atoms with Crippen LogP contribution in [0.4, 0.5) is 4.39 Å². The van der Waals surface area contributed by atoms with Crippen LogP contribution in [0.1, 0.15) is 32.1 Å². The summed E-state index contributed by atoms with van der Waals surface area (Å²) < 4.78 is 14.3. The third-order valence-corrected chi connectivity index (χ3v) is 2.86. The Kier molecular flexibility index (Phi) is 1.99. The maximum Gasteiger partial charge on any atom is 0.328 e. The first kappa shape index (κ1) is 10.0. The van der Waals surface area contributed by atoms with Gasteiger partial charge in [0.2, 0.25) is 0 Å². The monoisotopic (exact) mass is 214 g/mol. The number of carboxylic acid groups (broad SMARTS) is 1. The number of tetrazole rings is 1. The first-order chi connectivity index (χ1) is 6.97. The standard InChI is InChI=1S/C8H11FN4O2/c1-4(6(14)15)13-7(10-11-12-13)8(2)3-5(8)9/h4-5H,3H2,1-2H3,(H,14,15). The number of hydrogen-bond acceptors (Lipinski definition) is 4. The van der Waals surface area contributed by atoms with Crippen molar-refractivity contribution in [1.82, 2.24) is 20.2 Å². The van der Waals surface area contributed by atoms with Crippen molar-refractivity contribution < 1.29 is 14.3 Å². The van der Waals surface area contributed by atoms with Crippen LogP contribution in [0.2, 0.25) is 0 Å². The molecule has 1 aliphatic rings. The zero-order chi connectivity index (χ0) is 11.2. The van der Waals surface area contributed by atoms with Gasteiger partial charge in [-0.15, -0.1) is 5.10 Å². The van der Waals surface area contributed by atoms with Crippen LogP contribution < -0.4 is 0 Å². The Bertz CT molecular complexity index is 407. The molecule has 1 heterocycles. The lowest BCUT2D eigenvalue weighted by atomic mass is 10.1. The molecule has 0 amide bonds. The summed E-state index contributed by atoms with van der Waals surface area (Å²) in [6.07, 6.45) is -0.636. The number of nitrogens with zero attached hydrogens (tertiary/aromatic N) is 4. The predicted octanol–water partition coefficient (Wildman–Crippen LogP) is 0.318. The van der Waals surface area contributed by atoms with E-state index in [0.29, 0.717) is 12.2 Å². The summed E-state index contributed by atoms with van der Waals surface area (Å²) in [7, 11) is 0. The summed E-state index contributed by atoms with van der Waals surface area (Å²) in [6, 6.07) is -0.875. The fourth-order valence-corrected chi connectivity index (χ4v) is 1.48. The van der Waals surface area contributed by atoms with Gasteiger partial charge in [0.15, 0.2) is 5.82 Å². The van der Waals surface area contributed by atoms with Gasteiger partial charge in [-0.2, -0.15) is 0 Å². The van der Waals surface area contributed by atoms with Crippen LogP contribution >= 0.6 is 0 Å². The minimum Gasteiger partial charge on any atom is -0.480 e. The second kappa shape index (κ2) is 2.98. The highest BCUT2D eigenvalue weighted by Crippen LogP contribution is 2.49. The smallest absolute Gasteiger partial charge is 0.328 e. The van der Waals surface area contributed by atoms with Crippen molar-refractivity contribution in [2.24, 2.45) is 0 Å². The highest BCUT2D eigenvalue weighted by Gasteiger charge is 2.56. The predicted molar refractivity (Wildman–Crippen MR) is 47.0 cm³/mol. The number of hydrogen-bond donors (Lipinski definition) is 1. The largest absolute Gasteiger partial charge is 0.480 e. The summed E-state index contributed by atoms with van der Waals surface area (Å²) in [5.41, 5.74) is -0.715. The summed E-state index contributed by atoms with van der Waals surface area (Å²) in [5, 5.41) is 19.5. The molecule has 2 rings (SSSR count). The van der Waals surface area contributed by atoms with Gasteiger partial charge in [0, 0.05) is 0 Å². The normalized spacial score (nSPS) is 31.3. The van der Waals surface area contributed by atoms with Crippen LogP contribution in [-0.4, -0.2) is 37.5 Å². The number of alkyl halides is 1. The Hall–Kier alpha value is -1.53. The topological polar surface area (TPSA) is 80.9 Å². The molecule has 1 saturated carbocycles. The van der Waals surface area contributed by atoms with Crippen molar-refractivity contribution in [1.29, 1.82) is 0 Å². The minimum absolute atomic E-state index is 0.310. The summed E-state index contributed by atoms with van der Waals surface area (Å²) >= 11 is 0. The van der Waals surface area contributed by atoms with Gasteiger partial charge in [0.25, 0.3) is 0 Å². The van der Waals surface area contributed by atoms with Crippen molar-refractivity contribution in [2.75, 3.05) is 0 Å². The lowest BCUT2D eigenvalue weighted by Crippen LogP contribution is -2.23.